The van der Waals surface area contributed by atoms with Crippen molar-refractivity contribution in [3.05, 3.63) is 18.2 Å². The van der Waals surface area contributed by atoms with Gasteiger partial charge in [-0.15, -0.1) is 11.8 Å². The second-order valence-electron chi connectivity index (χ2n) is 2.75. The SMILES string of the molecule is COCCSc1ccc(N)cc1OC. The first-order chi connectivity index (χ1) is 6.77. The van der Waals surface area contributed by atoms with E-state index in [4.69, 9.17) is 15.2 Å². The minimum Gasteiger partial charge on any atom is -0.496 e. The Morgan fingerprint density at radius 3 is 2.79 bits per heavy atom. The molecule has 0 bridgehead atoms. The highest BCUT2D eigenvalue weighted by Gasteiger charge is 2.03. The summed E-state index contributed by atoms with van der Waals surface area (Å²) in [6.07, 6.45) is 0. The Morgan fingerprint density at radius 1 is 1.36 bits per heavy atom. The Morgan fingerprint density at radius 2 is 2.14 bits per heavy atom. The standard InChI is InChI=1S/C10H15NO2S/c1-12-5-6-14-10-4-3-8(11)7-9(10)13-2/h3-4,7H,5-6,11H2,1-2H3. The largest absolute Gasteiger partial charge is 0.496 e. The van der Waals surface area contributed by atoms with Gasteiger partial charge in [-0.2, -0.15) is 0 Å². The lowest BCUT2D eigenvalue weighted by Crippen LogP contribution is -1.94. The van der Waals surface area contributed by atoms with Gasteiger partial charge in [-0.1, -0.05) is 0 Å². The number of hydrogen-bond acceptors (Lipinski definition) is 4. The molecule has 14 heavy (non-hydrogen) atoms. The zero-order valence-electron chi connectivity index (χ0n) is 8.45. The summed E-state index contributed by atoms with van der Waals surface area (Å²) < 4.78 is 10.2. The van der Waals surface area contributed by atoms with Crippen LogP contribution in [0.25, 0.3) is 0 Å². The van der Waals surface area contributed by atoms with Gasteiger partial charge in [0.2, 0.25) is 0 Å². The smallest absolute Gasteiger partial charge is 0.134 e. The van der Waals surface area contributed by atoms with Crippen molar-refractivity contribution in [2.45, 2.75) is 4.90 Å². The van der Waals surface area contributed by atoms with Crippen LogP contribution in [0.4, 0.5) is 5.69 Å². The van der Waals surface area contributed by atoms with Crippen LogP contribution in [0.2, 0.25) is 0 Å². The van der Waals surface area contributed by atoms with Gasteiger partial charge in [-0.25, -0.2) is 0 Å². The number of methoxy groups -OCH3 is 2. The number of rotatable bonds is 5. The third-order valence-electron chi connectivity index (χ3n) is 1.73. The molecule has 0 amide bonds. The van der Waals surface area contributed by atoms with Gasteiger partial charge >= 0.3 is 0 Å². The molecule has 0 aliphatic rings. The molecule has 3 nitrogen and oxygen atoms in total. The fourth-order valence-corrected chi connectivity index (χ4v) is 1.96. The van der Waals surface area contributed by atoms with E-state index < -0.39 is 0 Å². The van der Waals surface area contributed by atoms with Crippen LogP contribution in [0.15, 0.2) is 23.1 Å². The zero-order valence-corrected chi connectivity index (χ0v) is 9.26. The molecule has 0 radical (unpaired) electrons. The van der Waals surface area contributed by atoms with Gasteiger partial charge in [0.05, 0.1) is 13.7 Å². The number of benzene rings is 1. The van der Waals surface area contributed by atoms with Crippen LogP contribution >= 0.6 is 11.8 Å². The predicted octanol–water partition coefficient (Wildman–Crippen LogP) is 2.02. The molecular formula is C10H15NO2S. The normalized spacial score (nSPS) is 10.1. The van der Waals surface area contributed by atoms with E-state index in [-0.39, 0.29) is 0 Å². The summed E-state index contributed by atoms with van der Waals surface area (Å²) in [7, 11) is 3.34. The van der Waals surface area contributed by atoms with Gasteiger partial charge in [-0.3, -0.25) is 0 Å². The van der Waals surface area contributed by atoms with Crippen molar-refractivity contribution < 1.29 is 9.47 Å². The number of hydrogen-bond donors (Lipinski definition) is 1. The maximum atomic E-state index is 5.64. The van der Waals surface area contributed by atoms with Crippen LogP contribution in [0.1, 0.15) is 0 Å². The lowest BCUT2D eigenvalue weighted by Gasteiger charge is -2.08. The Kier molecular flexibility index (Phi) is 4.62. The fourth-order valence-electron chi connectivity index (χ4n) is 1.04. The fraction of sp³-hybridized carbons (Fsp3) is 0.400. The molecule has 0 fully saturated rings. The van der Waals surface area contributed by atoms with E-state index in [1.165, 1.54) is 0 Å². The molecule has 0 unspecified atom stereocenters. The molecule has 0 spiro atoms. The molecule has 0 saturated carbocycles. The first kappa shape index (κ1) is 11.2. The molecule has 0 heterocycles. The second kappa shape index (κ2) is 5.78. The van der Waals surface area contributed by atoms with E-state index >= 15 is 0 Å². The minimum absolute atomic E-state index is 0.720. The summed E-state index contributed by atoms with van der Waals surface area (Å²) in [5.41, 5.74) is 6.36. The first-order valence-electron chi connectivity index (χ1n) is 4.33. The molecule has 1 aromatic rings. The molecule has 0 saturated heterocycles. The van der Waals surface area contributed by atoms with Crippen LogP contribution in [0.3, 0.4) is 0 Å². The highest BCUT2D eigenvalue weighted by atomic mass is 32.2. The van der Waals surface area contributed by atoms with Gasteiger partial charge in [0.25, 0.3) is 0 Å². The zero-order chi connectivity index (χ0) is 10.4. The maximum Gasteiger partial charge on any atom is 0.134 e. The van der Waals surface area contributed by atoms with Crippen molar-refractivity contribution in [3.8, 4) is 5.75 Å². The average molecular weight is 213 g/mol. The molecular weight excluding hydrogens is 198 g/mol. The van der Waals surface area contributed by atoms with E-state index in [0.717, 1.165) is 28.7 Å². The molecule has 1 aromatic carbocycles. The quantitative estimate of drug-likeness (QED) is 0.461. The lowest BCUT2D eigenvalue weighted by atomic mass is 10.3. The lowest BCUT2D eigenvalue weighted by molar-refractivity contribution is 0.218. The van der Waals surface area contributed by atoms with E-state index in [1.54, 1.807) is 26.0 Å². The number of thioether (sulfide) groups is 1. The van der Waals surface area contributed by atoms with Crippen molar-refractivity contribution in [1.29, 1.82) is 0 Å². The molecule has 0 aliphatic carbocycles. The van der Waals surface area contributed by atoms with Crippen molar-refractivity contribution in [2.24, 2.45) is 0 Å². The minimum atomic E-state index is 0.720. The van der Waals surface area contributed by atoms with Gasteiger partial charge in [0.15, 0.2) is 0 Å². The van der Waals surface area contributed by atoms with Crippen LogP contribution in [0.5, 0.6) is 5.75 Å². The van der Waals surface area contributed by atoms with E-state index in [2.05, 4.69) is 0 Å². The summed E-state index contributed by atoms with van der Waals surface area (Å²) in [4.78, 5) is 1.10. The van der Waals surface area contributed by atoms with Crippen LogP contribution < -0.4 is 10.5 Å². The molecule has 0 aromatic heterocycles. The second-order valence-corrected chi connectivity index (χ2v) is 3.89. The number of nitrogens with two attached hydrogens (primary N) is 1. The number of ether oxygens (including phenoxy) is 2. The molecule has 0 atom stereocenters. The first-order valence-corrected chi connectivity index (χ1v) is 5.31. The third-order valence-corrected chi connectivity index (χ3v) is 2.75. The Hall–Kier alpha value is -0.870. The Bertz CT molecular complexity index is 291. The van der Waals surface area contributed by atoms with E-state index in [1.807, 2.05) is 18.2 Å². The topological polar surface area (TPSA) is 44.5 Å². The van der Waals surface area contributed by atoms with Gasteiger partial charge < -0.3 is 15.2 Å². The van der Waals surface area contributed by atoms with Crippen molar-refractivity contribution in [3.63, 3.8) is 0 Å². The van der Waals surface area contributed by atoms with Crippen molar-refractivity contribution in [2.75, 3.05) is 32.3 Å². The maximum absolute atomic E-state index is 5.64. The summed E-state index contributed by atoms with van der Waals surface area (Å²) in [5, 5.41) is 0. The van der Waals surface area contributed by atoms with Crippen LogP contribution in [0, 0.1) is 0 Å². The number of anilines is 1. The van der Waals surface area contributed by atoms with Gasteiger partial charge in [0, 0.05) is 29.5 Å². The van der Waals surface area contributed by atoms with Crippen LogP contribution in [-0.2, 0) is 4.74 Å². The predicted molar refractivity (Wildman–Crippen MR) is 60.0 cm³/mol. The highest BCUT2D eigenvalue weighted by Crippen LogP contribution is 2.30. The van der Waals surface area contributed by atoms with Gasteiger partial charge in [-0.05, 0) is 12.1 Å². The van der Waals surface area contributed by atoms with Gasteiger partial charge in [0.1, 0.15) is 5.75 Å². The van der Waals surface area contributed by atoms with Crippen LogP contribution in [-0.4, -0.2) is 26.6 Å². The molecule has 1 rings (SSSR count). The van der Waals surface area contributed by atoms with Crippen molar-refractivity contribution >= 4 is 17.4 Å². The highest BCUT2D eigenvalue weighted by molar-refractivity contribution is 7.99. The molecule has 2 N–H and O–H groups in total. The van der Waals surface area contributed by atoms with E-state index in [0.29, 0.717) is 0 Å². The molecule has 4 heteroatoms. The Balaban J connectivity index is 2.65. The third kappa shape index (κ3) is 3.12. The molecule has 0 aliphatic heterocycles. The van der Waals surface area contributed by atoms with Crippen molar-refractivity contribution in [1.82, 2.24) is 0 Å². The average Bonchev–Trinajstić information content (AvgIpc) is 2.20. The number of nitrogen functional groups attached to an aromatic ring is 1. The summed E-state index contributed by atoms with van der Waals surface area (Å²) in [6.45, 7) is 0.734. The summed E-state index contributed by atoms with van der Waals surface area (Å²) >= 11 is 1.70. The monoisotopic (exact) mass is 213 g/mol. The Labute approximate surface area is 88.6 Å². The van der Waals surface area contributed by atoms with E-state index in [9.17, 15) is 0 Å². The molecule has 78 valence electrons. The summed E-state index contributed by atoms with van der Waals surface area (Å²) in [6, 6.07) is 5.67. The summed E-state index contributed by atoms with van der Waals surface area (Å²) in [5.74, 6) is 1.74.